The fourth-order valence-corrected chi connectivity index (χ4v) is 2.95. The van der Waals surface area contributed by atoms with Gasteiger partial charge in [0.05, 0.1) is 18.2 Å². The monoisotopic (exact) mass is 314 g/mol. The number of aliphatic hydroxyl groups excluding tert-OH is 1. The average Bonchev–Trinajstić information content (AvgIpc) is 2.41. The maximum Gasteiger partial charge on any atom is 0.315 e. The van der Waals surface area contributed by atoms with E-state index in [1.807, 2.05) is 0 Å². The van der Waals surface area contributed by atoms with Crippen molar-refractivity contribution < 1.29 is 14.3 Å². The maximum atomic E-state index is 13.0. The number of hydrogen-bond donors (Lipinski definition) is 3. The molecule has 0 radical (unpaired) electrons. The zero-order chi connectivity index (χ0) is 15.4. The molecule has 1 aliphatic rings. The van der Waals surface area contributed by atoms with Gasteiger partial charge in [-0.1, -0.05) is 30.5 Å². The fraction of sp³-hybridized carbons (Fsp3) is 0.533. The molecule has 1 fully saturated rings. The fourth-order valence-electron chi connectivity index (χ4n) is 2.62. The topological polar surface area (TPSA) is 61.4 Å². The van der Waals surface area contributed by atoms with E-state index in [2.05, 4.69) is 10.6 Å². The molecule has 3 unspecified atom stereocenters. The van der Waals surface area contributed by atoms with Crippen LogP contribution in [0.15, 0.2) is 18.2 Å². The number of carbonyl (C=O) groups is 1. The van der Waals surface area contributed by atoms with Crippen molar-refractivity contribution in [1.82, 2.24) is 10.6 Å². The van der Waals surface area contributed by atoms with Gasteiger partial charge in [0.2, 0.25) is 0 Å². The summed E-state index contributed by atoms with van der Waals surface area (Å²) in [6.07, 6.45) is 2.99. The molecule has 2 amide bonds. The molecule has 21 heavy (non-hydrogen) atoms. The van der Waals surface area contributed by atoms with E-state index in [1.54, 1.807) is 13.0 Å². The summed E-state index contributed by atoms with van der Waals surface area (Å²) in [5.74, 6) is -0.411. The first-order chi connectivity index (χ1) is 9.97. The molecule has 3 N–H and O–H groups in total. The van der Waals surface area contributed by atoms with E-state index in [9.17, 15) is 14.3 Å². The van der Waals surface area contributed by atoms with Gasteiger partial charge in [0.1, 0.15) is 5.82 Å². The molecular weight excluding hydrogens is 295 g/mol. The molecule has 116 valence electrons. The lowest BCUT2D eigenvalue weighted by atomic mass is 9.93. The Bertz CT molecular complexity index is 512. The van der Waals surface area contributed by atoms with Crippen molar-refractivity contribution in [3.8, 4) is 0 Å². The van der Waals surface area contributed by atoms with Crippen molar-refractivity contribution >= 4 is 17.6 Å². The predicted octanol–water partition coefficient (Wildman–Crippen LogP) is 3.14. The van der Waals surface area contributed by atoms with Crippen LogP contribution in [0.1, 0.15) is 44.2 Å². The summed E-state index contributed by atoms with van der Waals surface area (Å²) in [7, 11) is 0. The minimum absolute atomic E-state index is 0.213. The van der Waals surface area contributed by atoms with Gasteiger partial charge in [-0.05, 0) is 37.5 Å². The highest BCUT2D eigenvalue weighted by Gasteiger charge is 2.25. The summed E-state index contributed by atoms with van der Waals surface area (Å²) in [5.41, 5.74) is 0.650. The van der Waals surface area contributed by atoms with Crippen molar-refractivity contribution in [2.45, 2.75) is 50.8 Å². The minimum atomic E-state index is -0.491. The number of hydrogen-bond acceptors (Lipinski definition) is 2. The van der Waals surface area contributed by atoms with Crippen molar-refractivity contribution in [3.05, 3.63) is 34.6 Å². The van der Waals surface area contributed by atoms with Crippen LogP contribution in [0.5, 0.6) is 0 Å². The predicted molar refractivity (Wildman–Crippen MR) is 79.8 cm³/mol. The molecule has 1 saturated carbocycles. The van der Waals surface area contributed by atoms with E-state index in [-0.39, 0.29) is 23.1 Å². The zero-order valence-electron chi connectivity index (χ0n) is 11.9. The largest absolute Gasteiger partial charge is 0.391 e. The van der Waals surface area contributed by atoms with Crippen molar-refractivity contribution in [2.24, 2.45) is 0 Å². The number of nitrogens with one attached hydrogen (secondary N) is 2. The second-order valence-electron chi connectivity index (χ2n) is 5.46. The molecule has 0 bridgehead atoms. The van der Waals surface area contributed by atoms with E-state index in [1.165, 1.54) is 12.1 Å². The lowest BCUT2D eigenvalue weighted by Gasteiger charge is -2.29. The van der Waals surface area contributed by atoms with E-state index >= 15 is 0 Å². The Morgan fingerprint density at radius 1 is 1.43 bits per heavy atom. The quantitative estimate of drug-likeness (QED) is 0.802. The van der Waals surface area contributed by atoms with Crippen molar-refractivity contribution in [1.29, 1.82) is 0 Å². The lowest BCUT2D eigenvalue weighted by Crippen LogP contribution is -2.49. The standard InChI is InChI=1S/C15H20ClFN2O2/c1-9(11-7-6-10(17)8-12(11)16)18-15(21)19-13-4-2-3-5-14(13)20/h6-9,13-14,20H,2-5H2,1H3,(H2,18,19,21). The summed E-state index contributed by atoms with van der Waals surface area (Å²) >= 11 is 5.97. The first kappa shape index (κ1) is 16.0. The Morgan fingerprint density at radius 2 is 2.14 bits per heavy atom. The van der Waals surface area contributed by atoms with Crippen LogP contribution >= 0.6 is 11.6 Å². The summed E-state index contributed by atoms with van der Waals surface area (Å²) in [5, 5.41) is 15.7. The van der Waals surface area contributed by atoms with Crippen LogP contribution in [0, 0.1) is 5.82 Å². The maximum absolute atomic E-state index is 13.0. The van der Waals surface area contributed by atoms with Gasteiger partial charge in [-0.15, -0.1) is 0 Å². The van der Waals surface area contributed by atoms with Crippen LogP contribution in [0.2, 0.25) is 5.02 Å². The number of carbonyl (C=O) groups excluding carboxylic acids is 1. The Hall–Kier alpha value is -1.33. The van der Waals surface area contributed by atoms with Crippen LogP contribution in [0.3, 0.4) is 0 Å². The summed E-state index contributed by atoms with van der Waals surface area (Å²) in [6, 6.07) is 3.17. The highest BCUT2D eigenvalue weighted by atomic mass is 35.5. The van der Waals surface area contributed by atoms with E-state index in [4.69, 9.17) is 11.6 Å². The number of rotatable bonds is 3. The molecule has 1 aromatic rings. The first-order valence-corrected chi connectivity index (χ1v) is 7.55. The van der Waals surface area contributed by atoms with Gasteiger partial charge in [-0.25, -0.2) is 9.18 Å². The first-order valence-electron chi connectivity index (χ1n) is 7.17. The molecule has 0 aromatic heterocycles. The van der Waals surface area contributed by atoms with Gasteiger partial charge in [0, 0.05) is 5.02 Å². The zero-order valence-corrected chi connectivity index (χ0v) is 12.7. The number of amides is 2. The van der Waals surface area contributed by atoms with E-state index in [0.29, 0.717) is 12.0 Å². The Labute approximate surface area is 128 Å². The molecule has 1 aliphatic carbocycles. The lowest BCUT2D eigenvalue weighted by molar-refractivity contribution is 0.0941. The molecule has 0 spiro atoms. The number of halogens is 2. The van der Waals surface area contributed by atoms with Gasteiger partial charge in [-0.2, -0.15) is 0 Å². The van der Waals surface area contributed by atoms with Crippen LogP contribution < -0.4 is 10.6 Å². The van der Waals surface area contributed by atoms with Gasteiger partial charge in [-0.3, -0.25) is 0 Å². The van der Waals surface area contributed by atoms with Crippen LogP contribution in [0.4, 0.5) is 9.18 Å². The summed E-state index contributed by atoms with van der Waals surface area (Å²) < 4.78 is 13.0. The second kappa shape index (κ2) is 7.09. The smallest absolute Gasteiger partial charge is 0.315 e. The van der Waals surface area contributed by atoms with Crippen LogP contribution in [0.25, 0.3) is 0 Å². The SMILES string of the molecule is CC(NC(=O)NC1CCCCC1O)c1ccc(F)cc1Cl. The minimum Gasteiger partial charge on any atom is -0.391 e. The second-order valence-corrected chi connectivity index (χ2v) is 5.87. The van der Waals surface area contributed by atoms with Gasteiger partial charge < -0.3 is 15.7 Å². The molecule has 4 nitrogen and oxygen atoms in total. The molecule has 1 aromatic carbocycles. The highest BCUT2D eigenvalue weighted by molar-refractivity contribution is 6.31. The highest BCUT2D eigenvalue weighted by Crippen LogP contribution is 2.24. The van der Waals surface area contributed by atoms with E-state index < -0.39 is 11.9 Å². The van der Waals surface area contributed by atoms with Crippen molar-refractivity contribution in [3.63, 3.8) is 0 Å². The Kier molecular flexibility index (Phi) is 5.42. The van der Waals surface area contributed by atoms with Crippen molar-refractivity contribution in [2.75, 3.05) is 0 Å². The molecule has 0 heterocycles. The molecule has 0 aliphatic heterocycles. The number of benzene rings is 1. The van der Waals surface area contributed by atoms with Gasteiger partial charge >= 0.3 is 6.03 Å². The molecule has 6 heteroatoms. The Morgan fingerprint density at radius 3 is 2.81 bits per heavy atom. The van der Waals surface area contributed by atoms with Gasteiger partial charge in [0.25, 0.3) is 0 Å². The number of aliphatic hydroxyl groups is 1. The average molecular weight is 315 g/mol. The van der Waals surface area contributed by atoms with Gasteiger partial charge in [0.15, 0.2) is 0 Å². The third-order valence-corrected chi connectivity index (χ3v) is 4.15. The normalized spacial score (nSPS) is 23.4. The van der Waals surface area contributed by atoms with E-state index in [0.717, 1.165) is 19.3 Å². The van der Waals surface area contributed by atoms with Crippen LogP contribution in [-0.2, 0) is 0 Å². The molecule has 0 saturated heterocycles. The van der Waals surface area contributed by atoms with Crippen LogP contribution in [-0.4, -0.2) is 23.3 Å². The third-order valence-electron chi connectivity index (χ3n) is 3.82. The molecule has 3 atom stereocenters. The third kappa shape index (κ3) is 4.32. The molecular formula is C15H20ClFN2O2. The summed E-state index contributed by atoms with van der Waals surface area (Å²) in [4.78, 5) is 12.0. The summed E-state index contributed by atoms with van der Waals surface area (Å²) in [6.45, 7) is 1.77. The molecule has 2 rings (SSSR count). The number of urea groups is 1. The Balaban J connectivity index is 1.92.